The number of amides is 1. The molecule has 8 heteroatoms. The summed E-state index contributed by atoms with van der Waals surface area (Å²) < 4.78 is 10.5. The third kappa shape index (κ3) is 4.80. The topological polar surface area (TPSA) is 115 Å². The van der Waals surface area contributed by atoms with Crippen molar-refractivity contribution in [1.82, 2.24) is 15.5 Å². The van der Waals surface area contributed by atoms with E-state index in [1.165, 1.54) is 6.92 Å². The van der Waals surface area contributed by atoms with E-state index in [0.717, 1.165) is 0 Å². The predicted octanol–water partition coefficient (Wildman–Crippen LogP) is 1.66. The number of carboxylic acid groups (broad SMARTS) is 1. The van der Waals surface area contributed by atoms with Gasteiger partial charge >= 0.3 is 5.97 Å². The highest BCUT2D eigenvalue weighted by molar-refractivity contribution is 5.94. The fraction of sp³-hybridized carbons (Fsp3) is 0.375. The summed E-state index contributed by atoms with van der Waals surface area (Å²) in [4.78, 5) is 26.8. The second kappa shape index (κ2) is 8.09. The van der Waals surface area contributed by atoms with Crippen molar-refractivity contribution in [2.24, 2.45) is 5.92 Å². The molecule has 1 unspecified atom stereocenters. The lowest BCUT2D eigenvalue weighted by molar-refractivity contribution is -0.140. The summed E-state index contributed by atoms with van der Waals surface area (Å²) in [7, 11) is 0. The minimum absolute atomic E-state index is 0.0734. The first-order chi connectivity index (χ1) is 11.5. The Morgan fingerprint density at radius 1 is 1.33 bits per heavy atom. The number of carbonyl (C=O) groups is 2. The molecular formula is C16H19N3O5. The van der Waals surface area contributed by atoms with Crippen molar-refractivity contribution in [3.63, 3.8) is 0 Å². The summed E-state index contributed by atoms with van der Waals surface area (Å²) in [5.74, 6) is -0.354. The highest BCUT2D eigenvalue weighted by Crippen LogP contribution is 2.14. The maximum Gasteiger partial charge on any atom is 0.308 e. The number of carboxylic acids is 1. The van der Waals surface area contributed by atoms with Crippen molar-refractivity contribution in [3.05, 3.63) is 41.5 Å². The largest absolute Gasteiger partial charge is 0.485 e. The molecular weight excluding hydrogens is 314 g/mol. The van der Waals surface area contributed by atoms with Crippen LogP contribution in [0.3, 0.4) is 0 Å². The van der Waals surface area contributed by atoms with Crippen molar-refractivity contribution < 1.29 is 24.0 Å². The number of ether oxygens (including phenoxy) is 1. The molecule has 2 N–H and O–H groups in total. The molecule has 0 aliphatic carbocycles. The highest BCUT2D eigenvalue weighted by Gasteiger charge is 2.13. The molecule has 24 heavy (non-hydrogen) atoms. The fourth-order valence-corrected chi connectivity index (χ4v) is 1.78. The number of aromatic nitrogens is 2. The van der Waals surface area contributed by atoms with E-state index in [1.807, 2.05) is 6.92 Å². The Balaban J connectivity index is 1.85. The van der Waals surface area contributed by atoms with Crippen LogP contribution < -0.4 is 10.1 Å². The minimum atomic E-state index is -0.952. The van der Waals surface area contributed by atoms with Crippen LogP contribution in [0.15, 0.2) is 28.8 Å². The minimum Gasteiger partial charge on any atom is -0.485 e. The molecule has 0 spiro atoms. The molecule has 0 aliphatic heterocycles. The molecule has 128 valence electrons. The molecule has 1 aromatic heterocycles. The Morgan fingerprint density at radius 3 is 2.62 bits per heavy atom. The van der Waals surface area contributed by atoms with Crippen LogP contribution in [0, 0.1) is 5.92 Å². The lowest BCUT2D eigenvalue weighted by Gasteiger charge is -2.09. The third-order valence-electron chi connectivity index (χ3n) is 3.29. The number of nitrogens with one attached hydrogen (secondary N) is 1. The van der Waals surface area contributed by atoms with Gasteiger partial charge in [-0.3, -0.25) is 9.59 Å². The van der Waals surface area contributed by atoms with Gasteiger partial charge in [-0.25, -0.2) is 0 Å². The Morgan fingerprint density at radius 2 is 2.04 bits per heavy atom. The zero-order valence-electron chi connectivity index (χ0n) is 13.5. The van der Waals surface area contributed by atoms with Crippen molar-refractivity contribution >= 4 is 11.9 Å². The van der Waals surface area contributed by atoms with Crippen LogP contribution in [-0.2, 0) is 17.8 Å². The molecule has 0 bridgehead atoms. The van der Waals surface area contributed by atoms with E-state index in [4.69, 9.17) is 14.4 Å². The van der Waals surface area contributed by atoms with Crippen LogP contribution in [0.4, 0.5) is 0 Å². The van der Waals surface area contributed by atoms with Crippen LogP contribution in [0.2, 0.25) is 0 Å². The summed E-state index contributed by atoms with van der Waals surface area (Å²) in [6.45, 7) is 3.69. The predicted molar refractivity (Wildman–Crippen MR) is 83.6 cm³/mol. The summed E-state index contributed by atoms with van der Waals surface area (Å²) in [5, 5.41) is 15.1. The van der Waals surface area contributed by atoms with E-state index in [2.05, 4.69) is 15.5 Å². The van der Waals surface area contributed by atoms with Gasteiger partial charge in [0.2, 0.25) is 11.7 Å². The van der Waals surface area contributed by atoms with E-state index in [1.54, 1.807) is 24.3 Å². The summed E-state index contributed by atoms with van der Waals surface area (Å²) in [5.41, 5.74) is 0.424. The Bertz CT molecular complexity index is 696. The number of benzene rings is 1. The lowest BCUT2D eigenvalue weighted by Crippen LogP contribution is -2.31. The zero-order valence-corrected chi connectivity index (χ0v) is 13.5. The summed E-state index contributed by atoms with van der Waals surface area (Å²) >= 11 is 0. The van der Waals surface area contributed by atoms with Gasteiger partial charge in [-0.15, -0.1) is 0 Å². The summed E-state index contributed by atoms with van der Waals surface area (Å²) in [6, 6.07) is 6.50. The maximum atomic E-state index is 11.9. The molecule has 8 nitrogen and oxygen atoms in total. The van der Waals surface area contributed by atoms with Gasteiger partial charge in [0.05, 0.1) is 5.92 Å². The van der Waals surface area contributed by atoms with Crippen LogP contribution >= 0.6 is 0 Å². The first kappa shape index (κ1) is 17.5. The second-order valence-corrected chi connectivity index (χ2v) is 5.22. The third-order valence-corrected chi connectivity index (χ3v) is 3.29. The Kier molecular flexibility index (Phi) is 5.89. The number of aryl methyl sites for hydroxylation is 1. The van der Waals surface area contributed by atoms with Crippen LogP contribution in [-0.4, -0.2) is 33.7 Å². The molecule has 0 radical (unpaired) electrons. The van der Waals surface area contributed by atoms with Gasteiger partial charge < -0.3 is 19.7 Å². The molecule has 2 aromatic rings. The van der Waals surface area contributed by atoms with E-state index < -0.39 is 11.9 Å². The van der Waals surface area contributed by atoms with Crippen molar-refractivity contribution in [2.45, 2.75) is 26.9 Å². The molecule has 1 amide bonds. The smallest absolute Gasteiger partial charge is 0.308 e. The molecule has 0 fully saturated rings. The van der Waals surface area contributed by atoms with Gasteiger partial charge in [-0.1, -0.05) is 19.0 Å². The van der Waals surface area contributed by atoms with Gasteiger partial charge in [0, 0.05) is 18.5 Å². The van der Waals surface area contributed by atoms with E-state index in [9.17, 15) is 9.59 Å². The van der Waals surface area contributed by atoms with Gasteiger partial charge in [-0.05, 0) is 24.3 Å². The molecule has 1 heterocycles. The van der Waals surface area contributed by atoms with Gasteiger partial charge in [-0.2, -0.15) is 4.98 Å². The standard InChI is InChI=1S/C16H19N3O5/c1-3-14-18-13(19-24-14)9-23-12-6-4-11(5-7-12)15(20)17-8-10(2)16(21)22/h4-7,10H,3,8-9H2,1-2H3,(H,17,20)(H,21,22). The van der Waals surface area contributed by atoms with Crippen LogP contribution in [0.5, 0.6) is 5.75 Å². The number of hydrogen-bond acceptors (Lipinski definition) is 6. The second-order valence-electron chi connectivity index (χ2n) is 5.22. The number of rotatable bonds is 8. The zero-order chi connectivity index (χ0) is 17.5. The quantitative estimate of drug-likeness (QED) is 0.755. The molecule has 0 saturated heterocycles. The normalized spacial score (nSPS) is 11.8. The maximum absolute atomic E-state index is 11.9. The van der Waals surface area contributed by atoms with E-state index >= 15 is 0 Å². The number of carbonyl (C=O) groups excluding carboxylic acids is 1. The monoisotopic (exact) mass is 333 g/mol. The summed E-state index contributed by atoms with van der Waals surface area (Å²) in [6.07, 6.45) is 0.664. The Labute approximate surface area is 138 Å². The van der Waals surface area contributed by atoms with Gasteiger partial charge in [0.25, 0.3) is 5.91 Å². The molecule has 1 atom stereocenters. The molecule has 0 aliphatic rings. The highest BCUT2D eigenvalue weighted by atomic mass is 16.5. The number of hydrogen-bond donors (Lipinski definition) is 2. The average Bonchev–Trinajstić information content (AvgIpc) is 3.06. The van der Waals surface area contributed by atoms with Crippen molar-refractivity contribution in [3.8, 4) is 5.75 Å². The van der Waals surface area contributed by atoms with Crippen molar-refractivity contribution in [2.75, 3.05) is 6.54 Å². The Hall–Kier alpha value is -2.90. The molecule has 0 saturated carbocycles. The SMILES string of the molecule is CCc1nc(COc2ccc(C(=O)NCC(C)C(=O)O)cc2)no1. The first-order valence-electron chi connectivity index (χ1n) is 7.55. The van der Waals surface area contributed by atoms with Crippen molar-refractivity contribution in [1.29, 1.82) is 0 Å². The van der Waals surface area contributed by atoms with Crippen LogP contribution in [0.25, 0.3) is 0 Å². The molecule has 1 aromatic carbocycles. The van der Waals surface area contributed by atoms with Gasteiger partial charge in [0.15, 0.2) is 6.61 Å². The average molecular weight is 333 g/mol. The lowest BCUT2D eigenvalue weighted by atomic mass is 10.1. The first-order valence-corrected chi connectivity index (χ1v) is 7.55. The molecule has 2 rings (SSSR count). The number of aliphatic carboxylic acids is 1. The van der Waals surface area contributed by atoms with Crippen LogP contribution in [0.1, 0.15) is 35.9 Å². The van der Waals surface area contributed by atoms with E-state index in [-0.39, 0.29) is 19.1 Å². The van der Waals surface area contributed by atoms with Gasteiger partial charge in [0.1, 0.15) is 5.75 Å². The van der Waals surface area contributed by atoms with E-state index in [0.29, 0.717) is 29.4 Å². The fourth-order valence-electron chi connectivity index (χ4n) is 1.78. The number of nitrogens with zero attached hydrogens (tertiary/aromatic N) is 2.